The average molecular weight is 372 g/mol. The van der Waals surface area contributed by atoms with Gasteiger partial charge in [-0.15, -0.1) is 0 Å². The topological polar surface area (TPSA) is 79.5 Å². The van der Waals surface area contributed by atoms with Crippen molar-refractivity contribution in [2.75, 3.05) is 50.8 Å². The summed E-state index contributed by atoms with van der Waals surface area (Å²) < 4.78 is 7.24. The smallest absolute Gasteiger partial charge is 0.159 e. The van der Waals surface area contributed by atoms with E-state index < -0.39 is 5.60 Å². The van der Waals surface area contributed by atoms with Crippen LogP contribution in [-0.2, 0) is 4.74 Å². The number of β-amino-alcohol motifs (C(OH)–C–C–N with tert-alkyl or cyclic N) is 1. The Bertz CT molecular complexity index is 778. The van der Waals surface area contributed by atoms with Crippen molar-refractivity contribution in [2.24, 2.45) is 0 Å². The van der Waals surface area contributed by atoms with Gasteiger partial charge in [-0.3, -0.25) is 4.90 Å². The number of ether oxygens (including phenoxy) is 1. The van der Waals surface area contributed by atoms with Crippen molar-refractivity contribution in [3.05, 3.63) is 29.8 Å². The van der Waals surface area contributed by atoms with E-state index in [2.05, 4.69) is 24.9 Å². The van der Waals surface area contributed by atoms with Crippen molar-refractivity contribution in [2.45, 2.75) is 32.3 Å². The van der Waals surface area contributed by atoms with E-state index in [0.717, 1.165) is 68.6 Å². The zero-order valence-corrected chi connectivity index (χ0v) is 16.1. The molecule has 2 aromatic heterocycles. The lowest BCUT2D eigenvalue weighted by Crippen LogP contribution is -2.53. The van der Waals surface area contributed by atoms with Crippen molar-refractivity contribution < 1.29 is 9.84 Å². The van der Waals surface area contributed by atoms with Crippen LogP contribution in [0.4, 0.5) is 5.82 Å². The Morgan fingerprint density at radius 3 is 2.41 bits per heavy atom. The molecule has 0 unspecified atom stereocenters. The first-order chi connectivity index (χ1) is 13.0. The summed E-state index contributed by atoms with van der Waals surface area (Å²) in [6.07, 6.45) is 3.06. The van der Waals surface area contributed by atoms with Crippen LogP contribution in [0.25, 0.3) is 5.82 Å². The fraction of sp³-hybridized carbons (Fsp3) is 0.632. The maximum atomic E-state index is 10.7. The molecule has 2 aliphatic rings. The van der Waals surface area contributed by atoms with Crippen molar-refractivity contribution >= 4 is 5.82 Å². The molecule has 1 N–H and O–H groups in total. The number of aromatic nitrogens is 4. The molecule has 146 valence electrons. The molecule has 27 heavy (non-hydrogen) atoms. The van der Waals surface area contributed by atoms with E-state index in [4.69, 9.17) is 4.74 Å². The minimum atomic E-state index is -0.599. The largest absolute Gasteiger partial charge is 0.388 e. The van der Waals surface area contributed by atoms with E-state index in [-0.39, 0.29) is 0 Å². The van der Waals surface area contributed by atoms with Gasteiger partial charge < -0.3 is 14.7 Å². The number of hydrogen-bond donors (Lipinski definition) is 1. The van der Waals surface area contributed by atoms with Gasteiger partial charge in [0.15, 0.2) is 5.82 Å². The first-order valence-electron chi connectivity index (χ1n) is 9.66. The van der Waals surface area contributed by atoms with Gasteiger partial charge in [0.2, 0.25) is 0 Å². The molecule has 0 radical (unpaired) electrons. The van der Waals surface area contributed by atoms with Crippen LogP contribution in [0.1, 0.15) is 24.2 Å². The highest BCUT2D eigenvalue weighted by Gasteiger charge is 2.33. The van der Waals surface area contributed by atoms with Crippen molar-refractivity contribution in [1.82, 2.24) is 24.6 Å². The Kier molecular flexibility index (Phi) is 5.12. The number of anilines is 1. The number of hydrogen-bond acceptors (Lipinski definition) is 7. The van der Waals surface area contributed by atoms with Gasteiger partial charge in [-0.1, -0.05) is 0 Å². The van der Waals surface area contributed by atoms with Crippen molar-refractivity contribution in [3.8, 4) is 5.82 Å². The highest BCUT2D eigenvalue weighted by Crippen LogP contribution is 2.23. The maximum absolute atomic E-state index is 10.7. The molecular formula is C19H28N6O2. The van der Waals surface area contributed by atoms with Gasteiger partial charge in [-0.05, 0) is 19.9 Å². The van der Waals surface area contributed by atoms with Gasteiger partial charge in [0.05, 0.1) is 11.3 Å². The molecule has 0 amide bonds. The molecule has 0 saturated carbocycles. The van der Waals surface area contributed by atoms with Crippen LogP contribution in [0, 0.1) is 13.8 Å². The second-order valence-corrected chi connectivity index (χ2v) is 7.67. The number of rotatable bonds is 4. The molecule has 0 aliphatic carbocycles. The normalized spacial score (nSPS) is 20.8. The van der Waals surface area contributed by atoms with Crippen LogP contribution in [0.15, 0.2) is 18.5 Å². The maximum Gasteiger partial charge on any atom is 0.159 e. The third-order valence-electron chi connectivity index (χ3n) is 5.50. The molecule has 8 heteroatoms. The predicted molar refractivity (Wildman–Crippen MR) is 102 cm³/mol. The first kappa shape index (κ1) is 18.3. The Morgan fingerprint density at radius 1 is 1.04 bits per heavy atom. The first-order valence-corrected chi connectivity index (χ1v) is 9.66. The number of aryl methyl sites for hydroxylation is 2. The summed E-state index contributed by atoms with van der Waals surface area (Å²) in [6, 6.07) is 4.04. The van der Waals surface area contributed by atoms with Crippen LogP contribution in [0.2, 0.25) is 0 Å². The van der Waals surface area contributed by atoms with Gasteiger partial charge >= 0.3 is 0 Å². The summed E-state index contributed by atoms with van der Waals surface area (Å²) in [5.74, 6) is 1.72. The minimum absolute atomic E-state index is 0.599. The van der Waals surface area contributed by atoms with Crippen LogP contribution in [0.3, 0.4) is 0 Å². The molecule has 2 fully saturated rings. The highest BCUT2D eigenvalue weighted by atomic mass is 16.5. The second-order valence-electron chi connectivity index (χ2n) is 7.67. The lowest BCUT2D eigenvalue weighted by molar-refractivity contribution is -0.0802. The fourth-order valence-corrected chi connectivity index (χ4v) is 3.95. The number of aliphatic hydroxyl groups is 1. The standard InChI is InChI=1S/C19H28N6O2/c1-15-11-16(2)25(22-15)18-12-17(20-14-21-18)24-7-5-23(6-8-24)13-19(26)3-9-27-10-4-19/h11-12,14,26H,3-10,13H2,1-2H3. The molecule has 2 aliphatic heterocycles. The van der Waals surface area contributed by atoms with Crippen molar-refractivity contribution in [1.29, 1.82) is 0 Å². The molecule has 0 spiro atoms. The third kappa shape index (κ3) is 4.12. The van der Waals surface area contributed by atoms with Gasteiger partial charge in [0, 0.05) is 70.5 Å². The molecule has 4 rings (SSSR count). The Hall–Kier alpha value is -2.03. The summed E-state index contributed by atoms with van der Waals surface area (Å²) in [4.78, 5) is 13.5. The molecule has 8 nitrogen and oxygen atoms in total. The van der Waals surface area contributed by atoms with E-state index in [1.165, 1.54) is 0 Å². The molecule has 2 saturated heterocycles. The average Bonchev–Trinajstić information content (AvgIpc) is 3.01. The summed E-state index contributed by atoms with van der Waals surface area (Å²) in [5, 5.41) is 15.2. The van der Waals surface area contributed by atoms with Gasteiger partial charge in [0.25, 0.3) is 0 Å². The number of piperazine rings is 1. The fourth-order valence-electron chi connectivity index (χ4n) is 3.95. The zero-order chi connectivity index (χ0) is 18.9. The molecule has 4 heterocycles. The molecule has 0 aromatic carbocycles. The molecular weight excluding hydrogens is 344 g/mol. The lowest BCUT2D eigenvalue weighted by atomic mass is 9.93. The minimum Gasteiger partial charge on any atom is -0.388 e. The van der Waals surface area contributed by atoms with E-state index in [9.17, 15) is 5.11 Å². The van der Waals surface area contributed by atoms with Gasteiger partial charge in [-0.2, -0.15) is 5.10 Å². The summed E-state index contributed by atoms with van der Waals surface area (Å²) in [7, 11) is 0. The Morgan fingerprint density at radius 2 is 1.74 bits per heavy atom. The quantitative estimate of drug-likeness (QED) is 0.856. The summed E-state index contributed by atoms with van der Waals surface area (Å²) in [6.45, 7) is 9.67. The lowest BCUT2D eigenvalue weighted by Gasteiger charge is -2.41. The Balaban J connectivity index is 1.40. The van der Waals surface area contributed by atoms with Gasteiger partial charge in [0.1, 0.15) is 12.1 Å². The van der Waals surface area contributed by atoms with E-state index >= 15 is 0 Å². The molecule has 2 aromatic rings. The molecule has 0 atom stereocenters. The van der Waals surface area contributed by atoms with Crippen LogP contribution < -0.4 is 4.90 Å². The van der Waals surface area contributed by atoms with E-state index in [0.29, 0.717) is 13.2 Å². The van der Waals surface area contributed by atoms with E-state index in [1.54, 1.807) is 6.33 Å². The van der Waals surface area contributed by atoms with Crippen LogP contribution in [-0.4, -0.2) is 81.3 Å². The van der Waals surface area contributed by atoms with Crippen LogP contribution >= 0.6 is 0 Å². The summed E-state index contributed by atoms with van der Waals surface area (Å²) >= 11 is 0. The number of nitrogens with zero attached hydrogens (tertiary/aromatic N) is 6. The predicted octanol–water partition coefficient (Wildman–Crippen LogP) is 0.943. The SMILES string of the molecule is Cc1cc(C)n(-c2cc(N3CCN(CC4(O)CCOCC4)CC3)ncn2)n1. The van der Waals surface area contributed by atoms with Gasteiger partial charge in [-0.25, -0.2) is 14.6 Å². The highest BCUT2D eigenvalue weighted by molar-refractivity contribution is 5.44. The van der Waals surface area contributed by atoms with Crippen molar-refractivity contribution in [3.63, 3.8) is 0 Å². The molecule has 0 bridgehead atoms. The zero-order valence-electron chi connectivity index (χ0n) is 16.1. The van der Waals surface area contributed by atoms with Crippen LogP contribution in [0.5, 0.6) is 0 Å². The van der Waals surface area contributed by atoms with E-state index in [1.807, 2.05) is 30.7 Å². The monoisotopic (exact) mass is 372 g/mol. The Labute approximate surface area is 159 Å². The summed E-state index contributed by atoms with van der Waals surface area (Å²) in [5.41, 5.74) is 1.44. The second kappa shape index (κ2) is 7.53. The third-order valence-corrected chi connectivity index (χ3v) is 5.50.